The number of carbonyl (C=O) groups is 1. The van der Waals surface area contributed by atoms with Gasteiger partial charge in [-0.05, 0) is 48.7 Å². The molecule has 1 heterocycles. The van der Waals surface area contributed by atoms with Gasteiger partial charge in [0.1, 0.15) is 12.4 Å². The summed E-state index contributed by atoms with van der Waals surface area (Å²) in [5.74, 6) is 1.04. The van der Waals surface area contributed by atoms with Crippen LogP contribution in [-0.2, 0) is 11.4 Å². The third-order valence-corrected chi connectivity index (χ3v) is 3.88. The summed E-state index contributed by atoms with van der Waals surface area (Å²) >= 11 is 0. The highest BCUT2D eigenvalue weighted by Crippen LogP contribution is 2.24. The van der Waals surface area contributed by atoms with E-state index >= 15 is 0 Å². The molecule has 3 nitrogen and oxygen atoms in total. The standard InChI is InChI=1S/C18H19NO2/c1-14-5-2-3-6-15(14)13-21-17-10-8-16(9-11-17)19-12-4-7-18(19)20/h2-3,5-6,8-11H,4,7,12-13H2,1H3. The van der Waals surface area contributed by atoms with E-state index in [1.54, 1.807) is 0 Å². The number of hydrogen-bond donors (Lipinski definition) is 0. The first-order chi connectivity index (χ1) is 10.2. The molecular formula is C18H19NO2. The summed E-state index contributed by atoms with van der Waals surface area (Å²) in [5.41, 5.74) is 3.38. The molecule has 1 aliphatic heterocycles. The molecule has 3 rings (SSSR count). The molecule has 3 heteroatoms. The van der Waals surface area contributed by atoms with Gasteiger partial charge in [-0.25, -0.2) is 0 Å². The molecule has 1 aliphatic rings. The Morgan fingerprint density at radius 2 is 1.86 bits per heavy atom. The largest absolute Gasteiger partial charge is 0.489 e. The molecule has 0 aromatic heterocycles. The molecule has 1 saturated heterocycles. The van der Waals surface area contributed by atoms with E-state index in [9.17, 15) is 4.79 Å². The van der Waals surface area contributed by atoms with Crippen molar-refractivity contribution < 1.29 is 9.53 Å². The van der Waals surface area contributed by atoms with Crippen molar-refractivity contribution in [1.82, 2.24) is 0 Å². The molecule has 0 radical (unpaired) electrons. The zero-order chi connectivity index (χ0) is 14.7. The van der Waals surface area contributed by atoms with Crippen molar-refractivity contribution in [2.75, 3.05) is 11.4 Å². The number of aryl methyl sites for hydroxylation is 1. The van der Waals surface area contributed by atoms with Gasteiger partial charge in [0, 0.05) is 18.7 Å². The minimum Gasteiger partial charge on any atom is -0.489 e. The van der Waals surface area contributed by atoms with Crippen LogP contribution in [0.2, 0.25) is 0 Å². The number of amides is 1. The first-order valence-corrected chi connectivity index (χ1v) is 7.32. The topological polar surface area (TPSA) is 29.5 Å². The van der Waals surface area contributed by atoms with E-state index in [4.69, 9.17) is 4.74 Å². The Hall–Kier alpha value is -2.29. The number of nitrogens with zero attached hydrogens (tertiary/aromatic N) is 1. The van der Waals surface area contributed by atoms with Crippen molar-refractivity contribution in [1.29, 1.82) is 0 Å². The van der Waals surface area contributed by atoms with Crippen LogP contribution < -0.4 is 9.64 Å². The highest BCUT2D eigenvalue weighted by atomic mass is 16.5. The Labute approximate surface area is 125 Å². The number of rotatable bonds is 4. The van der Waals surface area contributed by atoms with Gasteiger partial charge < -0.3 is 9.64 Å². The lowest BCUT2D eigenvalue weighted by atomic mass is 10.1. The number of hydrogen-bond acceptors (Lipinski definition) is 2. The SMILES string of the molecule is Cc1ccccc1COc1ccc(N2CCCC2=O)cc1. The first-order valence-electron chi connectivity index (χ1n) is 7.32. The van der Waals surface area contributed by atoms with Crippen molar-refractivity contribution in [3.8, 4) is 5.75 Å². The second kappa shape index (κ2) is 6.00. The van der Waals surface area contributed by atoms with Gasteiger partial charge in [0.2, 0.25) is 5.91 Å². The molecule has 0 bridgehead atoms. The minimum atomic E-state index is 0.212. The molecular weight excluding hydrogens is 262 g/mol. The molecule has 1 fully saturated rings. The van der Waals surface area contributed by atoms with Crippen LogP contribution in [0, 0.1) is 6.92 Å². The van der Waals surface area contributed by atoms with Gasteiger partial charge in [-0.3, -0.25) is 4.79 Å². The third-order valence-electron chi connectivity index (χ3n) is 3.88. The molecule has 0 atom stereocenters. The third kappa shape index (κ3) is 3.07. The van der Waals surface area contributed by atoms with Crippen LogP contribution in [0.25, 0.3) is 0 Å². The molecule has 21 heavy (non-hydrogen) atoms. The fourth-order valence-electron chi connectivity index (χ4n) is 2.58. The van der Waals surface area contributed by atoms with Gasteiger partial charge in [0.25, 0.3) is 0 Å². The van der Waals surface area contributed by atoms with Gasteiger partial charge in [-0.15, -0.1) is 0 Å². The zero-order valence-corrected chi connectivity index (χ0v) is 12.2. The smallest absolute Gasteiger partial charge is 0.227 e. The molecule has 2 aromatic rings. The van der Waals surface area contributed by atoms with Gasteiger partial charge in [0.15, 0.2) is 0 Å². The Balaban J connectivity index is 1.65. The van der Waals surface area contributed by atoms with Crippen molar-refractivity contribution in [3.63, 3.8) is 0 Å². The average molecular weight is 281 g/mol. The molecule has 0 N–H and O–H groups in total. The van der Waals surface area contributed by atoms with E-state index in [1.165, 1.54) is 11.1 Å². The summed E-state index contributed by atoms with van der Waals surface area (Å²) in [4.78, 5) is 13.5. The van der Waals surface area contributed by atoms with Crippen LogP contribution in [0.4, 0.5) is 5.69 Å². The summed E-state index contributed by atoms with van der Waals surface area (Å²) in [7, 11) is 0. The lowest BCUT2D eigenvalue weighted by molar-refractivity contribution is -0.117. The van der Waals surface area contributed by atoms with Crippen LogP contribution in [0.1, 0.15) is 24.0 Å². The van der Waals surface area contributed by atoms with Crippen molar-refractivity contribution in [2.45, 2.75) is 26.4 Å². The first kappa shape index (κ1) is 13.7. The minimum absolute atomic E-state index is 0.212. The lowest BCUT2D eigenvalue weighted by Crippen LogP contribution is -2.23. The van der Waals surface area contributed by atoms with Gasteiger partial charge in [0.05, 0.1) is 0 Å². The average Bonchev–Trinajstić information content (AvgIpc) is 2.93. The van der Waals surface area contributed by atoms with Gasteiger partial charge in [-0.2, -0.15) is 0 Å². The zero-order valence-electron chi connectivity index (χ0n) is 12.2. The summed E-state index contributed by atoms with van der Waals surface area (Å²) in [6.07, 6.45) is 1.61. The Kier molecular flexibility index (Phi) is 3.91. The predicted molar refractivity (Wildman–Crippen MR) is 83.5 cm³/mol. The van der Waals surface area contributed by atoms with Crippen LogP contribution in [0.5, 0.6) is 5.75 Å². The van der Waals surface area contributed by atoms with Crippen molar-refractivity contribution in [2.24, 2.45) is 0 Å². The molecule has 2 aromatic carbocycles. The summed E-state index contributed by atoms with van der Waals surface area (Å²) < 4.78 is 5.81. The Bertz CT molecular complexity index is 634. The fourth-order valence-corrected chi connectivity index (χ4v) is 2.58. The number of anilines is 1. The van der Waals surface area contributed by atoms with Crippen LogP contribution in [0.3, 0.4) is 0 Å². The second-order valence-corrected chi connectivity index (χ2v) is 5.36. The lowest BCUT2D eigenvalue weighted by Gasteiger charge is -2.16. The van der Waals surface area contributed by atoms with Crippen molar-refractivity contribution in [3.05, 3.63) is 59.7 Å². The van der Waals surface area contributed by atoms with Crippen LogP contribution >= 0.6 is 0 Å². The number of benzene rings is 2. The highest BCUT2D eigenvalue weighted by Gasteiger charge is 2.21. The van der Waals surface area contributed by atoms with Crippen LogP contribution in [0.15, 0.2) is 48.5 Å². The summed E-state index contributed by atoms with van der Waals surface area (Å²) in [6.45, 7) is 3.47. The Morgan fingerprint density at radius 1 is 1.10 bits per heavy atom. The maximum absolute atomic E-state index is 11.7. The molecule has 0 saturated carbocycles. The van der Waals surface area contributed by atoms with E-state index in [-0.39, 0.29) is 5.91 Å². The molecule has 108 valence electrons. The maximum atomic E-state index is 11.7. The molecule has 1 amide bonds. The quantitative estimate of drug-likeness (QED) is 0.855. The van der Waals surface area contributed by atoms with Gasteiger partial charge in [-0.1, -0.05) is 24.3 Å². The fraction of sp³-hybridized carbons (Fsp3) is 0.278. The molecule has 0 spiro atoms. The second-order valence-electron chi connectivity index (χ2n) is 5.36. The Morgan fingerprint density at radius 3 is 2.52 bits per heavy atom. The van der Waals surface area contributed by atoms with E-state index in [2.05, 4.69) is 19.1 Å². The predicted octanol–water partition coefficient (Wildman–Crippen LogP) is 3.70. The molecule has 0 unspecified atom stereocenters. The van der Waals surface area contributed by atoms with E-state index in [0.717, 1.165) is 24.4 Å². The number of carbonyl (C=O) groups excluding carboxylic acids is 1. The van der Waals surface area contributed by atoms with E-state index in [0.29, 0.717) is 13.0 Å². The van der Waals surface area contributed by atoms with Crippen LogP contribution in [-0.4, -0.2) is 12.5 Å². The monoisotopic (exact) mass is 281 g/mol. The van der Waals surface area contributed by atoms with Gasteiger partial charge >= 0.3 is 0 Å². The summed E-state index contributed by atoms with van der Waals surface area (Å²) in [6, 6.07) is 16.0. The highest BCUT2D eigenvalue weighted by molar-refractivity contribution is 5.95. The molecule has 0 aliphatic carbocycles. The van der Waals surface area contributed by atoms with Crippen molar-refractivity contribution >= 4 is 11.6 Å². The summed E-state index contributed by atoms with van der Waals surface area (Å²) in [5, 5.41) is 0. The number of ether oxygens (including phenoxy) is 1. The normalized spacial score (nSPS) is 14.5. The maximum Gasteiger partial charge on any atom is 0.227 e. The van der Waals surface area contributed by atoms with E-state index in [1.807, 2.05) is 41.3 Å². The van der Waals surface area contributed by atoms with E-state index < -0.39 is 0 Å².